The van der Waals surface area contributed by atoms with E-state index in [1.54, 1.807) is 0 Å². The van der Waals surface area contributed by atoms with E-state index < -0.39 is 16.0 Å². The molecule has 0 aliphatic heterocycles. The molecule has 0 saturated carbocycles. The molecular formula is C13H20N2O4S. The fraction of sp³-hybridized carbons (Fsp3) is 0.462. The van der Waals surface area contributed by atoms with Crippen LogP contribution in [0.2, 0.25) is 0 Å². The van der Waals surface area contributed by atoms with Gasteiger partial charge in [-0.2, -0.15) is 0 Å². The highest BCUT2D eigenvalue weighted by molar-refractivity contribution is 7.89. The number of nitrogens with zero attached hydrogens (tertiary/aromatic N) is 1. The van der Waals surface area contributed by atoms with Gasteiger partial charge in [-0.15, -0.1) is 0 Å². The van der Waals surface area contributed by atoms with Crippen LogP contribution in [0.1, 0.15) is 36.5 Å². The van der Waals surface area contributed by atoms with Crippen molar-refractivity contribution in [1.29, 1.82) is 0 Å². The smallest absolute Gasteiger partial charge is 0.337 e. The van der Waals surface area contributed by atoms with Crippen molar-refractivity contribution in [3.8, 4) is 0 Å². The van der Waals surface area contributed by atoms with Gasteiger partial charge in [0.2, 0.25) is 10.0 Å². The Bertz CT molecular complexity index is 584. The molecule has 6 nitrogen and oxygen atoms in total. The van der Waals surface area contributed by atoms with Gasteiger partial charge in [0.05, 0.1) is 10.5 Å². The maximum atomic E-state index is 12.4. The zero-order valence-electron chi connectivity index (χ0n) is 11.7. The Balaban J connectivity index is 3.12. The minimum atomic E-state index is -3.81. The van der Waals surface area contributed by atoms with Crippen LogP contribution in [-0.2, 0) is 10.0 Å². The number of unbranched alkanes of at least 4 members (excludes halogenated alkanes) is 2. The summed E-state index contributed by atoms with van der Waals surface area (Å²) in [6.45, 7) is 2.39. The van der Waals surface area contributed by atoms with Gasteiger partial charge in [0.25, 0.3) is 0 Å². The number of nitrogens with two attached hydrogens (primary N) is 1. The number of sulfonamides is 1. The quantitative estimate of drug-likeness (QED) is 0.590. The van der Waals surface area contributed by atoms with E-state index in [1.807, 2.05) is 6.92 Å². The number of benzene rings is 1. The van der Waals surface area contributed by atoms with Crippen LogP contribution < -0.4 is 5.73 Å². The number of hydrogen-bond acceptors (Lipinski definition) is 4. The van der Waals surface area contributed by atoms with E-state index in [-0.39, 0.29) is 16.1 Å². The van der Waals surface area contributed by atoms with Gasteiger partial charge in [0.1, 0.15) is 0 Å². The van der Waals surface area contributed by atoms with E-state index in [4.69, 9.17) is 10.8 Å². The maximum Gasteiger partial charge on any atom is 0.337 e. The lowest BCUT2D eigenvalue weighted by Gasteiger charge is -2.18. The average Bonchev–Trinajstić information content (AvgIpc) is 2.38. The summed E-state index contributed by atoms with van der Waals surface area (Å²) in [5.41, 5.74) is 5.43. The first-order chi connectivity index (χ1) is 9.30. The molecule has 0 heterocycles. The number of carboxylic acids is 1. The molecule has 0 bridgehead atoms. The molecule has 0 spiro atoms. The van der Waals surface area contributed by atoms with Gasteiger partial charge < -0.3 is 10.8 Å². The first-order valence-electron chi connectivity index (χ1n) is 6.40. The molecule has 1 aromatic rings. The van der Waals surface area contributed by atoms with E-state index >= 15 is 0 Å². The van der Waals surface area contributed by atoms with Crippen LogP contribution in [0.15, 0.2) is 23.1 Å². The van der Waals surface area contributed by atoms with Crippen molar-refractivity contribution in [2.45, 2.75) is 31.1 Å². The average molecular weight is 300 g/mol. The molecule has 112 valence electrons. The van der Waals surface area contributed by atoms with Gasteiger partial charge in [0.15, 0.2) is 0 Å². The molecule has 0 saturated heterocycles. The normalized spacial score (nSPS) is 11.8. The van der Waals surface area contributed by atoms with Crippen molar-refractivity contribution in [2.75, 3.05) is 19.3 Å². The number of carbonyl (C=O) groups is 1. The Kier molecular flexibility index (Phi) is 5.52. The van der Waals surface area contributed by atoms with E-state index in [2.05, 4.69) is 0 Å². The molecular weight excluding hydrogens is 280 g/mol. The summed E-state index contributed by atoms with van der Waals surface area (Å²) in [5, 5.41) is 9.11. The summed E-state index contributed by atoms with van der Waals surface area (Å²) >= 11 is 0. The monoisotopic (exact) mass is 300 g/mol. The van der Waals surface area contributed by atoms with Crippen LogP contribution in [0.25, 0.3) is 0 Å². The minimum Gasteiger partial charge on any atom is -0.478 e. The van der Waals surface area contributed by atoms with Crippen molar-refractivity contribution in [2.24, 2.45) is 0 Å². The SMILES string of the molecule is CCCCCN(C)S(=O)(=O)c1ccc(N)cc1C(=O)O. The third-order valence-corrected chi connectivity index (χ3v) is 4.91. The fourth-order valence-electron chi connectivity index (χ4n) is 1.81. The maximum absolute atomic E-state index is 12.4. The van der Waals surface area contributed by atoms with E-state index in [1.165, 1.54) is 23.5 Å². The second kappa shape index (κ2) is 6.71. The van der Waals surface area contributed by atoms with Crippen molar-refractivity contribution in [1.82, 2.24) is 4.31 Å². The standard InChI is InChI=1S/C13H20N2O4S/c1-3-4-5-8-15(2)20(18,19)12-7-6-10(14)9-11(12)13(16)17/h6-7,9H,3-5,8,14H2,1-2H3,(H,16,17). The van der Waals surface area contributed by atoms with Crippen LogP contribution >= 0.6 is 0 Å². The molecule has 1 rings (SSSR count). The van der Waals surface area contributed by atoms with Gasteiger partial charge >= 0.3 is 5.97 Å². The Morgan fingerprint density at radius 3 is 2.55 bits per heavy atom. The van der Waals surface area contributed by atoms with Gasteiger partial charge in [-0.05, 0) is 24.6 Å². The molecule has 0 atom stereocenters. The largest absolute Gasteiger partial charge is 0.478 e. The molecule has 20 heavy (non-hydrogen) atoms. The Labute approximate surface area is 119 Å². The summed E-state index contributed by atoms with van der Waals surface area (Å²) in [4.78, 5) is 10.9. The van der Waals surface area contributed by atoms with Crippen molar-refractivity contribution < 1.29 is 18.3 Å². The predicted molar refractivity (Wildman–Crippen MR) is 77.2 cm³/mol. The molecule has 0 aliphatic rings. The molecule has 0 radical (unpaired) electrons. The number of hydrogen-bond donors (Lipinski definition) is 2. The summed E-state index contributed by atoms with van der Waals surface area (Å²) in [7, 11) is -2.36. The molecule has 0 unspecified atom stereocenters. The van der Waals surface area contributed by atoms with Crippen LogP contribution in [0.3, 0.4) is 0 Å². The Morgan fingerprint density at radius 1 is 1.35 bits per heavy atom. The fourth-order valence-corrected chi connectivity index (χ4v) is 3.18. The molecule has 0 aliphatic carbocycles. The summed E-state index contributed by atoms with van der Waals surface area (Å²) in [6.07, 6.45) is 2.65. The van der Waals surface area contributed by atoms with E-state index in [9.17, 15) is 13.2 Å². The lowest BCUT2D eigenvalue weighted by Crippen LogP contribution is -2.29. The first kappa shape index (κ1) is 16.5. The van der Waals surface area contributed by atoms with Crippen molar-refractivity contribution in [3.05, 3.63) is 23.8 Å². The predicted octanol–water partition coefficient (Wildman–Crippen LogP) is 1.78. The number of aromatic carboxylic acids is 1. The zero-order valence-corrected chi connectivity index (χ0v) is 12.5. The van der Waals surface area contributed by atoms with Crippen molar-refractivity contribution in [3.63, 3.8) is 0 Å². The summed E-state index contributed by atoms with van der Waals surface area (Å²) in [5.74, 6) is -1.31. The number of rotatable bonds is 7. The van der Waals surface area contributed by atoms with Gasteiger partial charge in [-0.3, -0.25) is 0 Å². The number of nitrogen functional groups attached to an aromatic ring is 1. The van der Waals surface area contributed by atoms with Crippen LogP contribution in [0.5, 0.6) is 0 Å². The topological polar surface area (TPSA) is 101 Å². The summed E-state index contributed by atoms with van der Waals surface area (Å²) < 4.78 is 26.0. The van der Waals surface area contributed by atoms with Crippen LogP contribution in [-0.4, -0.2) is 37.4 Å². The van der Waals surface area contributed by atoms with Gasteiger partial charge in [-0.1, -0.05) is 19.8 Å². The minimum absolute atomic E-state index is 0.218. The highest BCUT2D eigenvalue weighted by atomic mass is 32.2. The zero-order chi connectivity index (χ0) is 15.3. The first-order valence-corrected chi connectivity index (χ1v) is 7.84. The molecule has 0 fully saturated rings. The lowest BCUT2D eigenvalue weighted by molar-refractivity contribution is 0.0692. The third-order valence-electron chi connectivity index (χ3n) is 3.00. The lowest BCUT2D eigenvalue weighted by atomic mass is 10.2. The second-order valence-corrected chi connectivity index (χ2v) is 6.61. The van der Waals surface area contributed by atoms with Crippen LogP contribution in [0, 0.1) is 0 Å². The molecule has 3 N–H and O–H groups in total. The molecule has 1 aromatic carbocycles. The highest BCUT2D eigenvalue weighted by Crippen LogP contribution is 2.22. The number of carboxylic acid groups (broad SMARTS) is 1. The van der Waals surface area contributed by atoms with Crippen LogP contribution in [0.4, 0.5) is 5.69 Å². The van der Waals surface area contributed by atoms with Gasteiger partial charge in [0, 0.05) is 19.3 Å². The number of anilines is 1. The van der Waals surface area contributed by atoms with E-state index in [0.29, 0.717) is 6.54 Å². The Hall–Kier alpha value is -1.60. The van der Waals surface area contributed by atoms with Crippen molar-refractivity contribution >= 4 is 21.7 Å². The molecule has 0 aromatic heterocycles. The molecule has 0 amide bonds. The Morgan fingerprint density at radius 2 is 2.00 bits per heavy atom. The summed E-state index contributed by atoms with van der Waals surface area (Å²) in [6, 6.07) is 3.79. The van der Waals surface area contributed by atoms with E-state index in [0.717, 1.165) is 25.3 Å². The molecule has 7 heteroatoms. The third kappa shape index (κ3) is 3.71. The second-order valence-electron chi connectivity index (χ2n) is 4.59. The van der Waals surface area contributed by atoms with Gasteiger partial charge in [-0.25, -0.2) is 17.5 Å². The highest BCUT2D eigenvalue weighted by Gasteiger charge is 2.26.